The van der Waals surface area contributed by atoms with E-state index < -0.39 is 0 Å². The highest BCUT2D eigenvalue weighted by atomic mass is 16.5. The number of nitrogens with zero attached hydrogens (tertiary/aromatic N) is 3. The molecule has 1 aromatic rings. The molecule has 0 radical (unpaired) electrons. The van der Waals surface area contributed by atoms with Gasteiger partial charge < -0.3 is 9.26 Å². The van der Waals surface area contributed by atoms with Gasteiger partial charge in [0.1, 0.15) is 0 Å². The van der Waals surface area contributed by atoms with E-state index in [9.17, 15) is 4.79 Å². The summed E-state index contributed by atoms with van der Waals surface area (Å²) in [6, 6.07) is 0. The van der Waals surface area contributed by atoms with Gasteiger partial charge in [0.15, 0.2) is 5.82 Å². The summed E-state index contributed by atoms with van der Waals surface area (Å²) in [6.45, 7) is 8.92. The van der Waals surface area contributed by atoms with Crippen LogP contribution in [-0.4, -0.2) is 40.7 Å². The number of hydrogen-bond donors (Lipinski definition) is 0. The highest BCUT2D eigenvalue weighted by Gasteiger charge is 2.14. The molecule has 1 heterocycles. The Bertz CT molecular complexity index is 390. The standard InChI is InChI=1S/C12H19N3O3/c1-4-7-15(9-12(16)17-6-3)8-11-13-10(5-2)14-18-11/h4H,1,5-9H2,2-3H3. The maximum absolute atomic E-state index is 11.4. The predicted molar refractivity (Wildman–Crippen MR) is 65.8 cm³/mol. The molecule has 100 valence electrons. The minimum atomic E-state index is -0.269. The van der Waals surface area contributed by atoms with Crippen molar-refractivity contribution in [2.75, 3.05) is 19.7 Å². The first kappa shape index (κ1) is 14.4. The van der Waals surface area contributed by atoms with Crippen LogP contribution in [0.15, 0.2) is 17.2 Å². The summed E-state index contributed by atoms with van der Waals surface area (Å²) in [5, 5.41) is 3.81. The Kier molecular flexibility index (Phi) is 6.07. The molecule has 0 aliphatic heterocycles. The van der Waals surface area contributed by atoms with Gasteiger partial charge in [-0.1, -0.05) is 18.2 Å². The lowest BCUT2D eigenvalue weighted by atomic mass is 10.4. The number of rotatable bonds is 8. The van der Waals surface area contributed by atoms with E-state index in [4.69, 9.17) is 9.26 Å². The van der Waals surface area contributed by atoms with Crippen molar-refractivity contribution in [2.24, 2.45) is 0 Å². The second kappa shape index (κ2) is 7.60. The zero-order chi connectivity index (χ0) is 13.4. The van der Waals surface area contributed by atoms with Gasteiger partial charge in [-0.3, -0.25) is 9.69 Å². The molecule has 1 rings (SSSR count). The number of ether oxygens (including phenoxy) is 1. The number of aryl methyl sites for hydroxylation is 1. The quantitative estimate of drug-likeness (QED) is 0.512. The smallest absolute Gasteiger partial charge is 0.320 e. The van der Waals surface area contributed by atoms with E-state index in [0.717, 1.165) is 6.42 Å². The zero-order valence-electron chi connectivity index (χ0n) is 10.9. The van der Waals surface area contributed by atoms with Crippen LogP contribution in [0.2, 0.25) is 0 Å². The molecular weight excluding hydrogens is 234 g/mol. The van der Waals surface area contributed by atoms with E-state index in [0.29, 0.717) is 31.4 Å². The van der Waals surface area contributed by atoms with E-state index in [1.807, 2.05) is 11.8 Å². The van der Waals surface area contributed by atoms with Crippen LogP contribution in [0.1, 0.15) is 25.6 Å². The van der Waals surface area contributed by atoms with Crippen molar-refractivity contribution in [3.05, 3.63) is 24.4 Å². The van der Waals surface area contributed by atoms with Crippen LogP contribution in [0.4, 0.5) is 0 Å². The molecule has 18 heavy (non-hydrogen) atoms. The monoisotopic (exact) mass is 253 g/mol. The largest absolute Gasteiger partial charge is 0.465 e. The number of aromatic nitrogens is 2. The molecule has 1 aromatic heterocycles. The molecule has 0 atom stereocenters. The molecule has 0 amide bonds. The Hall–Kier alpha value is -1.69. The SMILES string of the molecule is C=CCN(CC(=O)OCC)Cc1nc(CC)no1. The van der Waals surface area contributed by atoms with Crippen LogP contribution in [0.5, 0.6) is 0 Å². The maximum Gasteiger partial charge on any atom is 0.320 e. The van der Waals surface area contributed by atoms with Crippen molar-refractivity contribution in [3.8, 4) is 0 Å². The Labute approximate surface area is 107 Å². The molecule has 6 nitrogen and oxygen atoms in total. The lowest BCUT2D eigenvalue weighted by Crippen LogP contribution is -2.31. The number of carbonyl (C=O) groups is 1. The number of hydrogen-bond acceptors (Lipinski definition) is 6. The van der Waals surface area contributed by atoms with E-state index in [1.54, 1.807) is 13.0 Å². The summed E-state index contributed by atoms with van der Waals surface area (Å²) in [6.07, 6.45) is 2.44. The zero-order valence-corrected chi connectivity index (χ0v) is 10.9. The van der Waals surface area contributed by atoms with Gasteiger partial charge in [-0.2, -0.15) is 4.98 Å². The lowest BCUT2D eigenvalue weighted by molar-refractivity contribution is -0.144. The highest BCUT2D eigenvalue weighted by molar-refractivity contribution is 5.71. The van der Waals surface area contributed by atoms with Gasteiger partial charge >= 0.3 is 5.97 Å². The number of esters is 1. The fraction of sp³-hybridized carbons (Fsp3) is 0.583. The summed E-state index contributed by atoms with van der Waals surface area (Å²) < 4.78 is 9.99. The third kappa shape index (κ3) is 4.67. The first-order valence-corrected chi connectivity index (χ1v) is 5.99. The van der Waals surface area contributed by atoms with Crippen LogP contribution in [-0.2, 0) is 22.5 Å². The molecular formula is C12H19N3O3. The molecule has 0 bridgehead atoms. The molecule has 0 aliphatic carbocycles. The summed E-state index contributed by atoms with van der Waals surface area (Å²) in [7, 11) is 0. The first-order valence-electron chi connectivity index (χ1n) is 5.99. The summed E-state index contributed by atoms with van der Waals surface area (Å²) in [5.41, 5.74) is 0. The molecule has 0 saturated heterocycles. The van der Waals surface area contributed by atoms with Gasteiger partial charge in [-0.05, 0) is 6.92 Å². The molecule has 6 heteroatoms. The van der Waals surface area contributed by atoms with Gasteiger partial charge in [0.2, 0.25) is 5.89 Å². The average molecular weight is 253 g/mol. The van der Waals surface area contributed by atoms with Crippen LogP contribution in [0.25, 0.3) is 0 Å². The summed E-state index contributed by atoms with van der Waals surface area (Å²) in [4.78, 5) is 17.4. The van der Waals surface area contributed by atoms with E-state index in [-0.39, 0.29) is 12.5 Å². The molecule has 0 aromatic carbocycles. The van der Waals surface area contributed by atoms with Crippen molar-refractivity contribution < 1.29 is 14.1 Å². The fourth-order valence-electron chi connectivity index (χ4n) is 1.45. The third-order valence-corrected chi connectivity index (χ3v) is 2.23. The Balaban J connectivity index is 2.56. The minimum Gasteiger partial charge on any atom is -0.465 e. The van der Waals surface area contributed by atoms with Crippen molar-refractivity contribution in [1.82, 2.24) is 15.0 Å². The van der Waals surface area contributed by atoms with Crippen molar-refractivity contribution in [3.63, 3.8) is 0 Å². The average Bonchev–Trinajstić information content (AvgIpc) is 2.77. The molecule has 0 N–H and O–H groups in total. The van der Waals surface area contributed by atoms with Crippen molar-refractivity contribution in [2.45, 2.75) is 26.8 Å². The van der Waals surface area contributed by atoms with Gasteiger partial charge in [0.05, 0.1) is 19.7 Å². The molecule has 0 aliphatic rings. The van der Waals surface area contributed by atoms with Crippen molar-refractivity contribution >= 4 is 5.97 Å². The predicted octanol–water partition coefficient (Wildman–Crippen LogP) is 1.18. The van der Waals surface area contributed by atoms with Crippen LogP contribution in [0, 0.1) is 0 Å². The van der Waals surface area contributed by atoms with Crippen molar-refractivity contribution in [1.29, 1.82) is 0 Å². The summed E-state index contributed by atoms with van der Waals surface area (Å²) in [5.74, 6) is 0.896. The van der Waals surface area contributed by atoms with Crippen LogP contribution in [0.3, 0.4) is 0 Å². The Morgan fingerprint density at radius 2 is 2.33 bits per heavy atom. The normalized spacial score (nSPS) is 10.6. The summed E-state index contributed by atoms with van der Waals surface area (Å²) >= 11 is 0. The van der Waals surface area contributed by atoms with E-state index in [1.165, 1.54) is 0 Å². The Morgan fingerprint density at radius 1 is 1.56 bits per heavy atom. The van der Waals surface area contributed by atoms with Gasteiger partial charge in [0, 0.05) is 13.0 Å². The number of carbonyl (C=O) groups excluding carboxylic acids is 1. The highest BCUT2D eigenvalue weighted by Crippen LogP contribution is 2.03. The molecule has 0 spiro atoms. The molecule has 0 saturated carbocycles. The fourth-order valence-corrected chi connectivity index (χ4v) is 1.45. The van der Waals surface area contributed by atoms with E-state index in [2.05, 4.69) is 16.7 Å². The first-order chi connectivity index (χ1) is 8.69. The second-order valence-corrected chi connectivity index (χ2v) is 3.72. The van der Waals surface area contributed by atoms with Gasteiger partial charge in [-0.25, -0.2) is 0 Å². The maximum atomic E-state index is 11.4. The second-order valence-electron chi connectivity index (χ2n) is 3.72. The van der Waals surface area contributed by atoms with Crippen LogP contribution < -0.4 is 0 Å². The third-order valence-electron chi connectivity index (χ3n) is 2.23. The molecule has 0 fully saturated rings. The minimum absolute atomic E-state index is 0.184. The van der Waals surface area contributed by atoms with Gasteiger partial charge in [-0.15, -0.1) is 6.58 Å². The molecule has 0 unspecified atom stereocenters. The van der Waals surface area contributed by atoms with Gasteiger partial charge in [0.25, 0.3) is 0 Å². The Morgan fingerprint density at radius 3 is 2.89 bits per heavy atom. The van der Waals surface area contributed by atoms with E-state index >= 15 is 0 Å². The lowest BCUT2D eigenvalue weighted by Gasteiger charge is -2.16. The topological polar surface area (TPSA) is 68.5 Å². The van der Waals surface area contributed by atoms with Crippen LogP contribution >= 0.6 is 0 Å².